The lowest BCUT2D eigenvalue weighted by atomic mass is 10.2. The maximum Gasteiger partial charge on any atom is 0.0715 e. The molecular weight excluding hydrogens is 138 g/mol. The summed E-state index contributed by atoms with van der Waals surface area (Å²) in [5.41, 5.74) is 0. The lowest BCUT2D eigenvalue weighted by Crippen LogP contribution is -2.22. The molecule has 1 aliphatic rings. The molecule has 0 amide bonds. The predicted molar refractivity (Wildman–Crippen MR) is 46.7 cm³/mol. The van der Waals surface area contributed by atoms with Crippen molar-refractivity contribution in [2.24, 2.45) is 0 Å². The Kier molecular flexibility index (Phi) is 3.87. The van der Waals surface area contributed by atoms with Crippen LogP contribution < -0.4 is 5.32 Å². The van der Waals surface area contributed by atoms with Crippen molar-refractivity contribution in [1.29, 1.82) is 0 Å². The van der Waals surface area contributed by atoms with E-state index in [1.54, 1.807) is 0 Å². The van der Waals surface area contributed by atoms with Crippen LogP contribution in [0.5, 0.6) is 0 Å². The zero-order valence-corrected chi connectivity index (χ0v) is 7.60. The first-order chi connectivity index (χ1) is 5.33. The molecule has 0 saturated carbocycles. The van der Waals surface area contributed by atoms with E-state index in [2.05, 4.69) is 19.2 Å². The van der Waals surface area contributed by atoms with Crippen molar-refractivity contribution in [3.05, 3.63) is 0 Å². The van der Waals surface area contributed by atoms with E-state index in [-0.39, 0.29) is 0 Å². The van der Waals surface area contributed by atoms with E-state index >= 15 is 0 Å². The summed E-state index contributed by atoms with van der Waals surface area (Å²) < 4.78 is 5.79. The van der Waals surface area contributed by atoms with Gasteiger partial charge in [0.15, 0.2) is 0 Å². The van der Waals surface area contributed by atoms with Crippen molar-refractivity contribution in [3.63, 3.8) is 0 Å². The quantitative estimate of drug-likeness (QED) is 0.668. The Bertz CT molecular complexity index is 99.7. The number of hydrogen-bond donors (Lipinski definition) is 1. The number of rotatable bonds is 4. The normalized spacial score (nSPS) is 27.3. The van der Waals surface area contributed by atoms with E-state index in [9.17, 15) is 0 Å². The Labute approximate surface area is 69.3 Å². The first kappa shape index (κ1) is 9.01. The van der Waals surface area contributed by atoms with Crippen LogP contribution in [0.15, 0.2) is 0 Å². The van der Waals surface area contributed by atoms with E-state index in [0.29, 0.717) is 12.2 Å². The van der Waals surface area contributed by atoms with Crippen molar-refractivity contribution in [2.75, 3.05) is 13.1 Å². The van der Waals surface area contributed by atoms with E-state index in [1.165, 1.54) is 19.3 Å². The third kappa shape index (κ3) is 3.21. The fourth-order valence-electron chi connectivity index (χ4n) is 1.55. The summed E-state index contributed by atoms with van der Waals surface area (Å²) in [4.78, 5) is 0. The number of hydrogen-bond acceptors (Lipinski definition) is 2. The van der Waals surface area contributed by atoms with Gasteiger partial charge < -0.3 is 10.1 Å². The minimum atomic E-state index is 0.449. The fraction of sp³-hybridized carbons (Fsp3) is 1.00. The average Bonchev–Trinajstić information content (AvgIpc) is 2.40. The van der Waals surface area contributed by atoms with Crippen LogP contribution in [0.4, 0.5) is 0 Å². The van der Waals surface area contributed by atoms with Crippen LogP contribution >= 0.6 is 0 Å². The monoisotopic (exact) mass is 157 g/mol. The summed E-state index contributed by atoms with van der Waals surface area (Å²) in [6.07, 6.45) is 4.53. The van der Waals surface area contributed by atoms with Gasteiger partial charge in [-0.25, -0.2) is 0 Å². The van der Waals surface area contributed by atoms with E-state index in [4.69, 9.17) is 4.74 Å². The first-order valence-electron chi connectivity index (χ1n) is 4.69. The highest BCUT2D eigenvalue weighted by Crippen LogP contribution is 2.09. The summed E-state index contributed by atoms with van der Waals surface area (Å²) in [6.45, 7) is 6.55. The molecule has 1 aliphatic heterocycles. The van der Waals surface area contributed by atoms with Crippen LogP contribution in [0.25, 0.3) is 0 Å². The van der Waals surface area contributed by atoms with Crippen molar-refractivity contribution in [1.82, 2.24) is 5.32 Å². The van der Waals surface area contributed by atoms with Gasteiger partial charge in [-0.3, -0.25) is 0 Å². The van der Waals surface area contributed by atoms with Crippen molar-refractivity contribution >= 4 is 0 Å². The third-order valence-electron chi connectivity index (χ3n) is 2.14. The molecule has 1 N–H and O–H groups in total. The Morgan fingerprint density at radius 1 is 1.64 bits per heavy atom. The summed E-state index contributed by atoms with van der Waals surface area (Å²) in [6, 6.07) is 0. The molecule has 2 nitrogen and oxygen atoms in total. The maximum atomic E-state index is 5.79. The van der Waals surface area contributed by atoms with E-state index in [1.807, 2.05) is 0 Å². The zero-order valence-electron chi connectivity index (χ0n) is 7.60. The average molecular weight is 157 g/mol. The maximum absolute atomic E-state index is 5.79. The van der Waals surface area contributed by atoms with Gasteiger partial charge in [0.1, 0.15) is 0 Å². The number of ether oxygens (including phenoxy) is 1. The van der Waals surface area contributed by atoms with Gasteiger partial charge in [0.25, 0.3) is 0 Å². The molecule has 1 saturated heterocycles. The van der Waals surface area contributed by atoms with Crippen molar-refractivity contribution < 1.29 is 4.74 Å². The van der Waals surface area contributed by atoms with Crippen LogP contribution in [0, 0.1) is 0 Å². The van der Waals surface area contributed by atoms with Crippen LogP contribution in [0.2, 0.25) is 0 Å². The van der Waals surface area contributed by atoms with Crippen molar-refractivity contribution in [3.8, 4) is 0 Å². The highest BCUT2D eigenvalue weighted by molar-refractivity contribution is 4.72. The highest BCUT2D eigenvalue weighted by Gasteiger charge is 2.16. The minimum Gasteiger partial charge on any atom is -0.374 e. The predicted octanol–water partition coefficient (Wildman–Crippen LogP) is 1.55. The van der Waals surface area contributed by atoms with Gasteiger partial charge in [0.2, 0.25) is 0 Å². The molecule has 1 fully saturated rings. The molecule has 66 valence electrons. The zero-order chi connectivity index (χ0) is 8.10. The van der Waals surface area contributed by atoms with E-state index in [0.717, 1.165) is 13.1 Å². The standard InChI is InChI=1S/C9H19NO/c1-3-4-8(2)11-9-5-6-10-7-9/h8-10H,3-7H2,1-2H3/t8?,9-/m1/s1. The second-order valence-corrected chi connectivity index (χ2v) is 3.35. The van der Waals surface area contributed by atoms with Gasteiger partial charge in [-0.05, 0) is 26.3 Å². The Morgan fingerprint density at radius 3 is 3.00 bits per heavy atom. The fourth-order valence-corrected chi connectivity index (χ4v) is 1.55. The Balaban J connectivity index is 2.08. The van der Waals surface area contributed by atoms with Gasteiger partial charge in [-0.1, -0.05) is 13.3 Å². The van der Waals surface area contributed by atoms with Crippen LogP contribution in [-0.2, 0) is 4.74 Å². The first-order valence-corrected chi connectivity index (χ1v) is 4.69. The molecule has 0 aromatic heterocycles. The molecule has 1 rings (SSSR count). The smallest absolute Gasteiger partial charge is 0.0715 e. The highest BCUT2D eigenvalue weighted by atomic mass is 16.5. The summed E-state index contributed by atoms with van der Waals surface area (Å²) in [5, 5.41) is 3.29. The van der Waals surface area contributed by atoms with Gasteiger partial charge >= 0.3 is 0 Å². The van der Waals surface area contributed by atoms with E-state index < -0.39 is 0 Å². The topological polar surface area (TPSA) is 21.3 Å². The second kappa shape index (κ2) is 4.73. The van der Waals surface area contributed by atoms with Gasteiger partial charge in [-0.2, -0.15) is 0 Å². The molecule has 0 bridgehead atoms. The van der Waals surface area contributed by atoms with Gasteiger partial charge in [-0.15, -0.1) is 0 Å². The summed E-state index contributed by atoms with van der Waals surface area (Å²) in [5.74, 6) is 0. The molecular formula is C9H19NO. The summed E-state index contributed by atoms with van der Waals surface area (Å²) in [7, 11) is 0. The minimum absolute atomic E-state index is 0.449. The van der Waals surface area contributed by atoms with Crippen LogP contribution in [-0.4, -0.2) is 25.3 Å². The SMILES string of the molecule is CCCC(C)O[C@@H]1CCNC1. The third-order valence-corrected chi connectivity index (χ3v) is 2.14. The van der Waals surface area contributed by atoms with Crippen LogP contribution in [0.1, 0.15) is 33.1 Å². The van der Waals surface area contributed by atoms with Crippen LogP contribution in [0.3, 0.4) is 0 Å². The molecule has 0 radical (unpaired) electrons. The Hall–Kier alpha value is -0.0800. The second-order valence-electron chi connectivity index (χ2n) is 3.35. The summed E-state index contributed by atoms with van der Waals surface area (Å²) >= 11 is 0. The lowest BCUT2D eigenvalue weighted by molar-refractivity contribution is 0.00497. The molecule has 11 heavy (non-hydrogen) atoms. The van der Waals surface area contributed by atoms with Crippen molar-refractivity contribution in [2.45, 2.75) is 45.3 Å². The molecule has 0 aromatic carbocycles. The molecule has 2 heteroatoms. The molecule has 0 spiro atoms. The molecule has 0 aromatic rings. The largest absolute Gasteiger partial charge is 0.374 e. The Morgan fingerprint density at radius 2 is 2.45 bits per heavy atom. The van der Waals surface area contributed by atoms with Gasteiger partial charge in [0.05, 0.1) is 12.2 Å². The molecule has 2 atom stereocenters. The van der Waals surface area contributed by atoms with Gasteiger partial charge in [0, 0.05) is 6.54 Å². The molecule has 0 aliphatic carbocycles. The molecule has 1 unspecified atom stereocenters. The lowest BCUT2D eigenvalue weighted by Gasteiger charge is -2.16. The molecule has 1 heterocycles. The number of nitrogens with one attached hydrogen (secondary N) is 1.